The first-order valence-electron chi connectivity index (χ1n) is 30.5. The van der Waals surface area contributed by atoms with E-state index in [1.807, 2.05) is 21.1 Å². The zero-order valence-electron chi connectivity index (χ0n) is 47.6. The van der Waals surface area contributed by atoms with E-state index in [0.717, 1.165) is 32.1 Å². The summed E-state index contributed by atoms with van der Waals surface area (Å²) < 4.78 is 22.7. The predicted octanol–water partition coefficient (Wildman–Crippen LogP) is 16.6. The van der Waals surface area contributed by atoms with Crippen LogP contribution in [0.25, 0.3) is 0 Å². The van der Waals surface area contributed by atoms with Gasteiger partial charge in [-0.3, -0.25) is 9.59 Å². The molecule has 0 aromatic rings. The van der Waals surface area contributed by atoms with Crippen LogP contribution in [0.2, 0.25) is 0 Å². The third kappa shape index (κ3) is 55.4. The number of hydrogen-bond donors (Lipinski definition) is 0. The topological polar surface area (TPSA) is 111 Å². The zero-order chi connectivity index (χ0) is 52.0. The molecule has 9 nitrogen and oxygen atoms in total. The van der Waals surface area contributed by atoms with Gasteiger partial charge in [0, 0.05) is 12.8 Å². The predicted molar refractivity (Wildman–Crippen MR) is 297 cm³/mol. The minimum atomic E-state index is -1.62. The molecule has 0 radical (unpaired) electrons. The molecule has 0 N–H and O–H groups in total. The standard InChI is InChI=1S/C62H117NO8/c1-6-8-10-12-14-16-18-20-22-24-26-28-29-30-31-33-35-37-39-41-43-45-47-49-51-53-60(65)71-58(57-70-62(61(66)67)68-55-54-63(3,4)5)56-69-59(64)52-50-48-46-44-42-40-38-36-34-32-27-25-23-21-19-17-15-13-11-9-7-2/h24-27,58,62H,6-23,28-57H2,1-5H3/b26-24-,27-25-. The Morgan fingerprint density at radius 1 is 0.408 bits per heavy atom. The molecule has 418 valence electrons. The molecule has 0 aromatic heterocycles. The summed E-state index contributed by atoms with van der Waals surface area (Å²) in [6, 6.07) is 0. The van der Waals surface area contributed by atoms with Crippen LogP contribution >= 0.6 is 0 Å². The fraction of sp³-hybridized carbons (Fsp3) is 0.887. The summed E-state index contributed by atoms with van der Waals surface area (Å²) in [5.74, 6) is -2.27. The maximum atomic E-state index is 12.9. The van der Waals surface area contributed by atoms with Crippen molar-refractivity contribution < 1.29 is 42.9 Å². The molecule has 0 aliphatic heterocycles. The van der Waals surface area contributed by atoms with Gasteiger partial charge in [0.05, 0.1) is 40.3 Å². The minimum absolute atomic E-state index is 0.150. The number of carbonyl (C=O) groups is 3. The molecule has 0 saturated heterocycles. The number of unbranched alkanes of at least 4 members (excludes halogenated alkanes) is 38. The van der Waals surface area contributed by atoms with Gasteiger partial charge in [0.15, 0.2) is 12.4 Å². The lowest BCUT2D eigenvalue weighted by Gasteiger charge is -2.26. The van der Waals surface area contributed by atoms with E-state index in [1.165, 1.54) is 231 Å². The lowest BCUT2D eigenvalue weighted by Crippen LogP contribution is -2.44. The van der Waals surface area contributed by atoms with E-state index in [4.69, 9.17) is 18.9 Å². The molecule has 0 aliphatic rings. The summed E-state index contributed by atoms with van der Waals surface area (Å²) >= 11 is 0. The van der Waals surface area contributed by atoms with Crippen LogP contribution in [0.1, 0.15) is 296 Å². The minimum Gasteiger partial charge on any atom is -0.545 e. The highest BCUT2D eigenvalue weighted by molar-refractivity contribution is 5.70. The molecule has 0 spiro atoms. The van der Waals surface area contributed by atoms with Crippen molar-refractivity contribution in [3.8, 4) is 0 Å². The highest BCUT2D eigenvalue weighted by Crippen LogP contribution is 2.17. The van der Waals surface area contributed by atoms with Crippen LogP contribution in [-0.4, -0.2) is 82.3 Å². The smallest absolute Gasteiger partial charge is 0.306 e. The number of likely N-dealkylation sites (N-methyl/N-ethyl adjacent to an activating group) is 1. The number of carbonyl (C=O) groups excluding carboxylic acids is 3. The third-order valence-corrected chi connectivity index (χ3v) is 13.7. The van der Waals surface area contributed by atoms with E-state index in [1.54, 1.807) is 0 Å². The van der Waals surface area contributed by atoms with E-state index >= 15 is 0 Å². The Bertz CT molecular complexity index is 1210. The average molecular weight is 1000 g/mol. The summed E-state index contributed by atoms with van der Waals surface area (Å²) in [5, 5.41) is 11.8. The number of rotatable bonds is 57. The van der Waals surface area contributed by atoms with E-state index in [9.17, 15) is 19.5 Å². The van der Waals surface area contributed by atoms with Gasteiger partial charge in [-0.1, -0.05) is 244 Å². The van der Waals surface area contributed by atoms with Gasteiger partial charge in [0.25, 0.3) is 0 Å². The van der Waals surface area contributed by atoms with Crippen LogP contribution in [0.3, 0.4) is 0 Å². The molecule has 0 rings (SSSR count). The van der Waals surface area contributed by atoms with E-state index < -0.39 is 24.3 Å². The SMILES string of the molecule is CCCCCCCCCC/C=C\CCCCCCCCCCCCCCCC(=O)OC(COC(=O)CCCCCCCCCCC/C=C\CCCCCCCCCC)COC(OCC[N+](C)(C)C)C(=O)[O-]. The van der Waals surface area contributed by atoms with Gasteiger partial charge < -0.3 is 33.3 Å². The van der Waals surface area contributed by atoms with Gasteiger partial charge in [-0.05, 0) is 64.2 Å². The summed E-state index contributed by atoms with van der Waals surface area (Å²) in [6.45, 7) is 4.79. The molecular weight excluding hydrogens is 887 g/mol. The number of ether oxygens (including phenoxy) is 4. The summed E-state index contributed by atoms with van der Waals surface area (Å²) in [4.78, 5) is 37.3. The molecule has 0 aliphatic carbocycles. The van der Waals surface area contributed by atoms with Crippen molar-refractivity contribution in [1.82, 2.24) is 0 Å². The van der Waals surface area contributed by atoms with Crippen LogP contribution in [-0.2, 0) is 33.3 Å². The van der Waals surface area contributed by atoms with E-state index in [2.05, 4.69) is 38.2 Å². The van der Waals surface area contributed by atoms with Crippen LogP contribution in [0, 0.1) is 0 Å². The van der Waals surface area contributed by atoms with Crippen molar-refractivity contribution in [1.29, 1.82) is 0 Å². The molecule has 0 bridgehead atoms. The highest BCUT2D eigenvalue weighted by atomic mass is 16.7. The fourth-order valence-corrected chi connectivity index (χ4v) is 8.94. The Morgan fingerprint density at radius 3 is 1.04 bits per heavy atom. The molecule has 2 atom stereocenters. The van der Waals surface area contributed by atoms with E-state index in [0.29, 0.717) is 23.9 Å². The number of hydrogen-bond acceptors (Lipinski definition) is 8. The van der Waals surface area contributed by atoms with Gasteiger partial charge >= 0.3 is 11.9 Å². The Balaban J connectivity index is 4.19. The van der Waals surface area contributed by atoms with E-state index in [-0.39, 0.29) is 32.2 Å². The molecule has 9 heteroatoms. The van der Waals surface area contributed by atoms with Crippen molar-refractivity contribution >= 4 is 17.9 Å². The van der Waals surface area contributed by atoms with Crippen molar-refractivity contribution in [2.24, 2.45) is 0 Å². The summed E-state index contributed by atoms with van der Waals surface area (Å²) in [6.07, 6.45) is 60.9. The Morgan fingerprint density at radius 2 is 0.718 bits per heavy atom. The van der Waals surface area contributed by atoms with Gasteiger partial charge in [-0.25, -0.2) is 0 Å². The fourth-order valence-electron chi connectivity index (χ4n) is 8.94. The van der Waals surface area contributed by atoms with Crippen molar-refractivity contribution in [2.75, 3.05) is 47.5 Å². The number of esters is 2. The maximum absolute atomic E-state index is 12.9. The van der Waals surface area contributed by atoms with Crippen molar-refractivity contribution in [3.05, 3.63) is 24.3 Å². The van der Waals surface area contributed by atoms with Gasteiger partial charge in [0.2, 0.25) is 0 Å². The third-order valence-electron chi connectivity index (χ3n) is 13.7. The number of nitrogens with zero attached hydrogens (tertiary/aromatic N) is 1. The molecule has 0 aromatic carbocycles. The van der Waals surface area contributed by atoms with Crippen LogP contribution in [0.4, 0.5) is 0 Å². The molecule has 0 heterocycles. The van der Waals surface area contributed by atoms with Crippen molar-refractivity contribution in [3.63, 3.8) is 0 Å². The Hall–Kier alpha value is -2.23. The molecular formula is C62H117NO8. The number of quaternary nitrogens is 1. The van der Waals surface area contributed by atoms with Crippen LogP contribution < -0.4 is 5.11 Å². The molecule has 0 amide bonds. The molecule has 2 unspecified atom stereocenters. The Labute approximate surface area is 439 Å². The first-order chi connectivity index (χ1) is 34.6. The van der Waals surface area contributed by atoms with Crippen LogP contribution in [0.5, 0.6) is 0 Å². The first-order valence-corrected chi connectivity index (χ1v) is 30.5. The van der Waals surface area contributed by atoms with Gasteiger partial charge in [-0.2, -0.15) is 0 Å². The number of allylic oxidation sites excluding steroid dienone is 4. The maximum Gasteiger partial charge on any atom is 0.306 e. The summed E-state index contributed by atoms with van der Waals surface area (Å²) in [5.41, 5.74) is 0. The number of aliphatic carboxylic acids is 1. The lowest BCUT2D eigenvalue weighted by atomic mass is 10.0. The quantitative estimate of drug-likeness (QED) is 0.0195. The number of carboxylic acid groups (broad SMARTS) is 1. The monoisotopic (exact) mass is 1000 g/mol. The van der Waals surface area contributed by atoms with Crippen molar-refractivity contribution in [2.45, 2.75) is 309 Å². The largest absolute Gasteiger partial charge is 0.545 e. The lowest BCUT2D eigenvalue weighted by molar-refractivity contribution is -0.870. The molecule has 0 fully saturated rings. The van der Waals surface area contributed by atoms with Gasteiger partial charge in [0.1, 0.15) is 13.2 Å². The normalized spacial score (nSPS) is 12.9. The van der Waals surface area contributed by atoms with Gasteiger partial charge in [-0.15, -0.1) is 0 Å². The second-order valence-corrected chi connectivity index (χ2v) is 22.0. The average Bonchev–Trinajstić information content (AvgIpc) is 3.34. The Kier molecular flexibility index (Phi) is 52.3. The first kappa shape index (κ1) is 68.8. The number of carboxylic acids is 1. The second-order valence-electron chi connectivity index (χ2n) is 22.0. The molecule has 71 heavy (non-hydrogen) atoms. The second kappa shape index (κ2) is 54.0. The summed E-state index contributed by atoms with van der Waals surface area (Å²) in [7, 11) is 5.93. The highest BCUT2D eigenvalue weighted by Gasteiger charge is 2.22. The molecule has 0 saturated carbocycles. The zero-order valence-corrected chi connectivity index (χ0v) is 47.6. The van der Waals surface area contributed by atoms with Crippen LogP contribution in [0.15, 0.2) is 24.3 Å².